The molecule has 2 aromatic heterocycles. The maximum atomic E-state index is 12.4. The fraction of sp³-hybridized carbons (Fsp3) is 0.333. The molecular formula is C12H14BrFN4O. The Morgan fingerprint density at radius 2 is 2.16 bits per heavy atom. The van der Waals surface area contributed by atoms with Crippen molar-refractivity contribution in [2.75, 3.05) is 6.86 Å². The van der Waals surface area contributed by atoms with Gasteiger partial charge in [0.1, 0.15) is 4.60 Å². The van der Waals surface area contributed by atoms with E-state index in [0.29, 0.717) is 22.3 Å². The van der Waals surface area contributed by atoms with Gasteiger partial charge in [-0.15, -0.1) is 5.10 Å². The molecule has 102 valence electrons. The first kappa shape index (κ1) is 13.8. The van der Waals surface area contributed by atoms with Crippen LogP contribution < -0.4 is 4.74 Å². The molecule has 19 heavy (non-hydrogen) atoms. The molecule has 0 saturated heterocycles. The van der Waals surface area contributed by atoms with Crippen LogP contribution in [0.15, 0.2) is 23.6 Å². The van der Waals surface area contributed by atoms with Gasteiger partial charge in [-0.05, 0) is 28.4 Å². The molecule has 2 rings (SSSR count). The van der Waals surface area contributed by atoms with Crippen LogP contribution in [0.1, 0.15) is 18.1 Å². The minimum atomic E-state index is -0.921. The molecule has 7 heteroatoms. The molecular weight excluding hydrogens is 315 g/mol. The lowest BCUT2D eigenvalue weighted by molar-refractivity contribution is 0.182. The van der Waals surface area contributed by atoms with Gasteiger partial charge in [-0.25, -0.2) is 4.39 Å². The second kappa shape index (κ2) is 5.56. The van der Waals surface area contributed by atoms with Crippen LogP contribution in [-0.2, 0) is 13.6 Å². The summed E-state index contributed by atoms with van der Waals surface area (Å²) in [7, 11) is 1.82. The van der Waals surface area contributed by atoms with E-state index < -0.39 is 6.86 Å². The molecule has 0 N–H and O–H groups in total. The van der Waals surface area contributed by atoms with Crippen molar-refractivity contribution >= 4 is 21.5 Å². The molecule has 5 nitrogen and oxygen atoms in total. The highest BCUT2D eigenvalue weighted by Gasteiger charge is 2.18. The summed E-state index contributed by atoms with van der Waals surface area (Å²) in [6, 6.07) is 0. The fourth-order valence-electron chi connectivity index (χ4n) is 1.74. The SMILES string of the molecule is C=C(c1cn(C)nc1Br)c1cn(CC)nc1OCF. The number of hydrogen-bond acceptors (Lipinski definition) is 3. The van der Waals surface area contributed by atoms with Gasteiger partial charge in [0.05, 0.1) is 5.56 Å². The number of aromatic nitrogens is 4. The Hall–Kier alpha value is -1.63. The van der Waals surface area contributed by atoms with Crippen LogP contribution in [-0.4, -0.2) is 26.4 Å². The van der Waals surface area contributed by atoms with Gasteiger partial charge in [-0.3, -0.25) is 9.36 Å². The van der Waals surface area contributed by atoms with Gasteiger partial charge < -0.3 is 4.74 Å². The van der Waals surface area contributed by atoms with Gasteiger partial charge in [0, 0.05) is 31.5 Å². The molecule has 0 bridgehead atoms. The molecule has 0 aliphatic rings. The van der Waals surface area contributed by atoms with E-state index in [1.807, 2.05) is 20.2 Å². The summed E-state index contributed by atoms with van der Waals surface area (Å²) in [6.45, 7) is 5.71. The quantitative estimate of drug-likeness (QED) is 0.847. The van der Waals surface area contributed by atoms with Crippen LogP contribution in [0, 0.1) is 0 Å². The lowest BCUT2D eigenvalue weighted by atomic mass is 10.1. The lowest BCUT2D eigenvalue weighted by Gasteiger charge is -2.03. The third-order valence-electron chi connectivity index (χ3n) is 2.68. The molecule has 0 aliphatic heterocycles. The zero-order valence-corrected chi connectivity index (χ0v) is 12.3. The zero-order valence-electron chi connectivity index (χ0n) is 10.7. The molecule has 0 spiro atoms. The number of ether oxygens (including phenoxy) is 1. The van der Waals surface area contributed by atoms with Crippen molar-refractivity contribution in [3.05, 3.63) is 34.7 Å². The van der Waals surface area contributed by atoms with Gasteiger partial charge in [0.2, 0.25) is 12.7 Å². The maximum Gasteiger partial charge on any atom is 0.243 e. The molecule has 0 unspecified atom stereocenters. The minimum Gasteiger partial charge on any atom is -0.444 e. The molecule has 2 aromatic rings. The van der Waals surface area contributed by atoms with E-state index in [-0.39, 0.29) is 5.88 Å². The monoisotopic (exact) mass is 328 g/mol. The van der Waals surface area contributed by atoms with E-state index in [4.69, 9.17) is 4.74 Å². The van der Waals surface area contributed by atoms with Gasteiger partial charge in [0.25, 0.3) is 0 Å². The van der Waals surface area contributed by atoms with Crippen molar-refractivity contribution in [3.63, 3.8) is 0 Å². The predicted octanol–water partition coefficient (Wildman–Crippen LogP) is 2.77. The zero-order chi connectivity index (χ0) is 14.0. The first-order valence-electron chi connectivity index (χ1n) is 5.71. The Labute approximate surface area is 118 Å². The number of halogens is 2. The van der Waals surface area contributed by atoms with Gasteiger partial charge >= 0.3 is 0 Å². The predicted molar refractivity (Wildman–Crippen MR) is 73.5 cm³/mol. The summed E-state index contributed by atoms with van der Waals surface area (Å²) in [5, 5.41) is 8.34. The molecule has 0 amide bonds. The van der Waals surface area contributed by atoms with Gasteiger partial charge in [-0.1, -0.05) is 6.58 Å². The average molecular weight is 329 g/mol. The normalized spacial score (nSPS) is 10.7. The lowest BCUT2D eigenvalue weighted by Crippen LogP contribution is -1.96. The van der Waals surface area contributed by atoms with E-state index in [2.05, 4.69) is 32.7 Å². The van der Waals surface area contributed by atoms with Crippen molar-refractivity contribution in [3.8, 4) is 5.88 Å². The first-order chi connectivity index (χ1) is 9.06. The Morgan fingerprint density at radius 3 is 2.68 bits per heavy atom. The van der Waals surface area contributed by atoms with E-state index in [9.17, 15) is 4.39 Å². The summed E-state index contributed by atoms with van der Waals surface area (Å²) in [4.78, 5) is 0. The van der Waals surface area contributed by atoms with Crippen molar-refractivity contribution in [2.24, 2.45) is 7.05 Å². The number of hydrogen-bond donors (Lipinski definition) is 0. The van der Waals surface area contributed by atoms with Crippen LogP contribution in [0.3, 0.4) is 0 Å². The molecule has 2 heterocycles. The van der Waals surface area contributed by atoms with E-state index in [1.165, 1.54) is 0 Å². The molecule has 0 aromatic carbocycles. The second-order valence-corrected chi connectivity index (χ2v) is 4.69. The summed E-state index contributed by atoms with van der Waals surface area (Å²) < 4.78 is 21.3. The Kier molecular flexibility index (Phi) is 4.04. The van der Waals surface area contributed by atoms with Crippen LogP contribution in [0.4, 0.5) is 4.39 Å². The smallest absolute Gasteiger partial charge is 0.243 e. The highest BCUT2D eigenvalue weighted by molar-refractivity contribution is 9.10. The minimum absolute atomic E-state index is 0.241. The molecule has 0 fully saturated rings. The van der Waals surface area contributed by atoms with Crippen LogP contribution in [0.5, 0.6) is 5.88 Å². The number of rotatable bonds is 5. The molecule has 0 saturated carbocycles. The summed E-state index contributed by atoms with van der Waals surface area (Å²) >= 11 is 3.37. The van der Waals surface area contributed by atoms with E-state index >= 15 is 0 Å². The molecule has 0 atom stereocenters. The maximum absolute atomic E-state index is 12.4. The highest BCUT2D eigenvalue weighted by atomic mass is 79.9. The van der Waals surface area contributed by atoms with Crippen LogP contribution in [0.25, 0.3) is 5.57 Å². The van der Waals surface area contributed by atoms with Gasteiger partial charge in [0.15, 0.2) is 0 Å². The standard InChI is InChI=1S/C12H14BrFN4O/c1-4-18-6-10(12(16-18)19-7-14)8(2)9-5-17(3)15-11(9)13/h5-6H,2,4,7H2,1,3H3. The molecule has 0 aliphatic carbocycles. The summed E-state index contributed by atoms with van der Waals surface area (Å²) in [5.74, 6) is 0.241. The Morgan fingerprint density at radius 1 is 1.42 bits per heavy atom. The van der Waals surface area contributed by atoms with Crippen LogP contribution in [0.2, 0.25) is 0 Å². The highest BCUT2D eigenvalue weighted by Crippen LogP contribution is 2.32. The first-order valence-corrected chi connectivity index (χ1v) is 6.51. The third-order valence-corrected chi connectivity index (χ3v) is 3.26. The fourth-order valence-corrected chi connectivity index (χ4v) is 2.33. The third kappa shape index (κ3) is 2.70. The summed E-state index contributed by atoms with van der Waals surface area (Å²) in [6.07, 6.45) is 3.61. The number of nitrogens with zero attached hydrogens (tertiary/aromatic N) is 4. The van der Waals surface area contributed by atoms with Crippen LogP contribution >= 0.6 is 15.9 Å². The summed E-state index contributed by atoms with van der Waals surface area (Å²) in [5.41, 5.74) is 2.16. The largest absolute Gasteiger partial charge is 0.444 e. The van der Waals surface area contributed by atoms with Crippen molar-refractivity contribution in [1.29, 1.82) is 0 Å². The number of alkyl halides is 1. The van der Waals surface area contributed by atoms with Crippen molar-refractivity contribution in [2.45, 2.75) is 13.5 Å². The van der Waals surface area contributed by atoms with Crippen molar-refractivity contribution in [1.82, 2.24) is 19.6 Å². The number of aryl methyl sites for hydroxylation is 2. The second-order valence-electron chi connectivity index (χ2n) is 3.94. The Bertz CT molecular complexity index is 605. The molecule has 0 radical (unpaired) electrons. The Balaban J connectivity index is 2.42. The topological polar surface area (TPSA) is 44.9 Å². The van der Waals surface area contributed by atoms with E-state index in [0.717, 1.165) is 5.56 Å². The van der Waals surface area contributed by atoms with Gasteiger partial charge in [-0.2, -0.15) is 5.10 Å². The van der Waals surface area contributed by atoms with Crippen molar-refractivity contribution < 1.29 is 9.13 Å². The van der Waals surface area contributed by atoms with E-state index in [1.54, 1.807) is 15.6 Å². The average Bonchev–Trinajstić information content (AvgIpc) is 2.92.